The molecule has 0 saturated carbocycles. The van der Waals surface area contributed by atoms with E-state index >= 15 is 0 Å². The largest absolute Gasteiger partial charge is 0.458 e. The standard InChI is InChI=1S/C17H14N2O4S/c1-10(20)18-7-12-3-5-14(23-12)13-8-24-17(19-13)11-2-4-15-16(6-11)22-9-21-15/h2-6,8H,7,9H2,1H3,(H,18,20). The summed E-state index contributed by atoms with van der Waals surface area (Å²) in [4.78, 5) is 15.6. The van der Waals surface area contributed by atoms with Crippen molar-refractivity contribution in [3.05, 3.63) is 41.5 Å². The first kappa shape index (κ1) is 14.8. The lowest BCUT2D eigenvalue weighted by molar-refractivity contribution is -0.119. The minimum atomic E-state index is -0.0910. The van der Waals surface area contributed by atoms with E-state index in [2.05, 4.69) is 10.3 Å². The molecular weight excluding hydrogens is 328 g/mol. The molecule has 0 spiro atoms. The van der Waals surface area contributed by atoms with Crippen LogP contribution in [0.4, 0.5) is 0 Å². The number of hydrogen-bond donors (Lipinski definition) is 1. The second kappa shape index (κ2) is 6.01. The van der Waals surface area contributed by atoms with Crippen molar-refractivity contribution in [2.75, 3.05) is 6.79 Å². The molecule has 0 aliphatic carbocycles. The zero-order chi connectivity index (χ0) is 16.5. The van der Waals surface area contributed by atoms with Crippen molar-refractivity contribution in [1.82, 2.24) is 10.3 Å². The van der Waals surface area contributed by atoms with Gasteiger partial charge >= 0.3 is 0 Å². The minimum absolute atomic E-state index is 0.0910. The number of benzene rings is 1. The van der Waals surface area contributed by atoms with Crippen LogP contribution in [0.25, 0.3) is 22.0 Å². The third kappa shape index (κ3) is 2.85. The summed E-state index contributed by atoms with van der Waals surface area (Å²) >= 11 is 1.53. The highest BCUT2D eigenvalue weighted by molar-refractivity contribution is 7.13. The Morgan fingerprint density at radius 1 is 1.25 bits per heavy atom. The second-order valence-electron chi connectivity index (χ2n) is 5.28. The van der Waals surface area contributed by atoms with Crippen molar-refractivity contribution in [1.29, 1.82) is 0 Å². The predicted molar refractivity (Wildman–Crippen MR) is 88.9 cm³/mol. The smallest absolute Gasteiger partial charge is 0.231 e. The Labute approximate surface area is 142 Å². The number of carbonyl (C=O) groups excluding carboxylic acids is 1. The number of amides is 1. The van der Waals surface area contributed by atoms with Crippen LogP contribution in [0, 0.1) is 0 Å². The van der Waals surface area contributed by atoms with Crippen LogP contribution in [0.3, 0.4) is 0 Å². The summed E-state index contributed by atoms with van der Waals surface area (Å²) < 4.78 is 16.5. The summed E-state index contributed by atoms with van der Waals surface area (Å²) in [6.45, 7) is 2.10. The van der Waals surface area contributed by atoms with Gasteiger partial charge in [0.1, 0.15) is 16.5 Å². The maximum atomic E-state index is 11.0. The molecule has 2 aromatic heterocycles. The van der Waals surface area contributed by atoms with Crippen LogP contribution in [-0.4, -0.2) is 17.7 Å². The van der Waals surface area contributed by atoms with Gasteiger partial charge in [-0.2, -0.15) is 0 Å². The van der Waals surface area contributed by atoms with Gasteiger partial charge in [0.25, 0.3) is 0 Å². The van der Waals surface area contributed by atoms with Gasteiger partial charge < -0.3 is 19.2 Å². The Balaban J connectivity index is 1.55. The van der Waals surface area contributed by atoms with E-state index in [-0.39, 0.29) is 12.7 Å². The summed E-state index contributed by atoms with van der Waals surface area (Å²) in [7, 11) is 0. The minimum Gasteiger partial charge on any atom is -0.458 e. The topological polar surface area (TPSA) is 73.6 Å². The molecule has 0 unspecified atom stereocenters. The van der Waals surface area contributed by atoms with Gasteiger partial charge in [-0.3, -0.25) is 4.79 Å². The molecule has 1 aromatic carbocycles. The highest BCUT2D eigenvalue weighted by Gasteiger charge is 2.16. The van der Waals surface area contributed by atoms with Crippen LogP contribution < -0.4 is 14.8 Å². The van der Waals surface area contributed by atoms with Gasteiger partial charge in [0.2, 0.25) is 12.7 Å². The number of ether oxygens (including phenoxy) is 2. The molecule has 7 heteroatoms. The summed E-state index contributed by atoms with van der Waals surface area (Å²) in [6, 6.07) is 9.47. The van der Waals surface area contributed by atoms with Crippen LogP contribution in [0.2, 0.25) is 0 Å². The predicted octanol–water partition coefficient (Wildman–Crippen LogP) is 3.43. The molecule has 3 aromatic rings. The lowest BCUT2D eigenvalue weighted by atomic mass is 10.2. The number of hydrogen-bond acceptors (Lipinski definition) is 6. The fourth-order valence-electron chi connectivity index (χ4n) is 2.37. The van der Waals surface area contributed by atoms with Crippen molar-refractivity contribution < 1.29 is 18.7 Å². The SMILES string of the molecule is CC(=O)NCc1ccc(-c2csc(-c3ccc4c(c3)OCO4)n2)o1. The molecule has 0 radical (unpaired) electrons. The van der Waals surface area contributed by atoms with Gasteiger partial charge in [-0.15, -0.1) is 11.3 Å². The molecule has 1 aliphatic rings. The fourth-order valence-corrected chi connectivity index (χ4v) is 3.18. The molecule has 0 atom stereocenters. The van der Waals surface area contributed by atoms with Gasteiger partial charge in [0.15, 0.2) is 17.3 Å². The Hall–Kier alpha value is -2.80. The highest BCUT2D eigenvalue weighted by atomic mass is 32.1. The number of thiazole rings is 1. The monoisotopic (exact) mass is 342 g/mol. The lowest BCUT2D eigenvalue weighted by Crippen LogP contribution is -2.18. The van der Waals surface area contributed by atoms with Crippen LogP contribution >= 0.6 is 11.3 Å². The molecular formula is C17H14N2O4S. The molecule has 0 saturated heterocycles. The normalized spacial score (nSPS) is 12.4. The Morgan fingerprint density at radius 3 is 3.00 bits per heavy atom. The zero-order valence-corrected chi connectivity index (χ0v) is 13.7. The van der Waals surface area contributed by atoms with Gasteiger partial charge in [0, 0.05) is 17.9 Å². The van der Waals surface area contributed by atoms with Crippen molar-refractivity contribution >= 4 is 17.2 Å². The molecule has 1 amide bonds. The van der Waals surface area contributed by atoms with Gasteiger partial charge in [-0.05, 0) is 30.3 Å². The maximum absolute atomic E-state index is 11.0. The van der Waals surface area contributed by atoms with E-state index < -0.39 is 0 Å². The van der Waals surface area contributed by atoms with Gasteiger partial charge in [-0.25, -0.2) is 4.98 Å². The third-order valence-electron chi connectivity index (χ3n) is 3.55. The fraction of sp³-hybridized carbons (Fsp3) is 0.176. The summed E-state index contributed by atoms with van der Waals surface area (Å²) in [5.74, 6) is 2.77. The number of fused-ring (bicyclic) bond motifs is 1. The second-order valence-corrected chi connectivity index (χ2v) is 6.14. The van der Waals surface area contributed by atoms with Gasteiger partial charge in [-0.1, -0.05) is 0 Å². The molecule has 0 bridgehead atoms. The van der Waals surface area contributed by atoms with Gasteiger partial charge in [0.05, 0.1) is 6.54 Å². The van der Waals surface area contributed by atoms with Crippen LogP contribution in [0.1, 0.15) is 12.7 Å². The number of carbonyl (C=O) groups is 1. The first-order valence-electron chi connectivity index (χ1n) is 7.38. The molecule has 1 N–H and O–H groups in total. The van der Waals surface area contributed by atoms with E-state index in [0.717, 1.165) is 27.8 Å². The average Bonchev–Trinajstić information content (AvgIpc) is 3.30. The quantitative estimate of drug-likeness (QED) is 0.786. The van der Waals surface area contributed by atoms with Crippen molar-refractivity contribution in [2.24, 2.45) is 0 Å². The Kier molecular flexibility index (Phi) is 3.70. The van der Waals surface area contributed by atoms with E-state index in [4.69, 9.17) is 13.9 Å². The van der Waals surface area contributed by atoms with Crippen molar-refractivity contribution in [2.45, 2.75) is 13.5 Å². The van der Waals surface area contributed by atoms with Crippen molar-refractivity contribution in [3.8, 4) is 33.5 Å². The summed E-state index contributed by atoms with van der Waals surface area (Å²) in [5, 5.41) is 5.53. The molecule has 0 fully saturated rings. The van der Waals surface area contributed by atoms with Crippen LogP contribution in [0.5, 0.6) is 11.5 Å². The summed E-state index contributed by atoms with van der Waals surface area (Å²) in [5.41, 5.74) is 1.74. The lowest BCUT2D eigenvalue weighted by Gasteiger charge is -1.99. The number of nitrogens with zero attached hydrogens (tertiary/aromatic N) is 1. The van der Waals surface area contributed by atoms with E-state index in [0.29, 0.717) is 18.1 Å². The van der Waals surface area contributed by atoms with Crippen LogP contribution in [0.15, 0.2) is 40.1 Å². The molecule has 3 heterocycles. The van der Waals surface area contributed by atoms with E-state index in [1.54, 1.807) is 0 Å². The number of rotatable bonds is 4. The number of furan rings is 1. The molecule has 4 rings (SSSR count). The van der Waals surface area contributed by atoms with Crippen molar-refractivity contribution in [3.63, 3.8) is 0 Å². The van der Waals surface area contributed by atoms with E-state index in [1.807, 2.05) is 35.7 Å². The Bertz CT molecular complexity index is 900. The first-order valence-corrected chi connectivity index (χ1v) is 8.26. The third-order valence-corrected chi connectivity index (χ3v) is 4.44. The molecule has 122 valence electrons. The highest BCUT2D eigenvalue weighted by Crippen LogP contribution is 2.37. The average molecular weight is 342 g/mol. The molecule has 24 heavy (non-hydrogen) atoms. The molecule has 1 aliphatic heterocycles. The molecule has 6 nitrogen and oxygen atoms in total. The van der Waals surface area contributed by atoms with E-state index in [9.17, 15) is 4.79 Å². The maximum Gasteiger partial charge on any atom is 0.231 e. The summed E-state index contributed by atoms with van der Waals surface area (Å²) in [6.07, 6.45) is 0. The Morgan fingerprint density at radius 2 is 2.12 bits per heavy atom. The number of nitrogens with one attached hydrogen (secondary N) is 1. The first-order chi connectivity index (χ1) is 11.7. The zero-order valence-electron chi connectivity index (χ0n) is 12.9. The van der Waals surface area contributed by atoms with Crippen LogP contribution in [-0.2, 0) is 11.3 Å². The van der Waals surface area contributed by atoms with E-state index in [1.165, 1.54) is 18.3 Å². The number of aromatic nitrogens is 1.